The van der Waals surface area contributed by atoms with Crippen molar-refractivity contribution in [3.63, 3.8) is 0 Å². The van der Waals surface area contributed by atoms with Gasteiger partial charge in [-0.25, -0.2) is 9.69 Å². The van der Waals surface area contributed by atoms with Crippen molar-refractivity contribution in [1.29, 1.82) is 0 Å². The van der Waals surface area contributed by atoms with Crippen LogP contribution in [0.4, 0.5) is 4.79 Å². The molecule has 1 aliphatic rings. The highest BCUT2D eigenvalue weighted by molar-refractivity contribution is 6.45. The first kappa shape index (κ1) is 17.9. The van der Waals surface area contributed by atoms with Gasteiger partial charge in [-0.2, -0.15) is 0 Å². The first-order valence-electron chi connectivity index (χ1n) is 7.46. The van der Waals surface area contributed by atoms with Crippen LogP contribution in [-0.2, 0) is 14.4 Å². The predicted molar refractivity (Wildman–Crippen MR) is 87.1 cm³/mol. The lowest BCUT2D eigenvalue weighted by atomic mass is 10.1. The minimum Gasteiger partial charge on any atom is -0.348 e. The second-order valence-corrected chi connectivity index (χ2v) is 6.22. The Morgan fingerprint density at radius 2 is 1.83 bits per heavy atom. The predicted octanol–water partition coefficient (Wildman–Crippen LogP) is 1.72. The summed E-state index contributed by atoms with van der Waals surface area (Å²) in [5.41, 5.74) is 0.787. The number of urea groups is 1. The summed E-state index contributed by atoms with van der Waals surface area (Å²) in [4.78, 5) is 49.4. The van der Waals surface area contributed by atoms with Gasteiger partial charge < -0.3 is 5.32 Å². The quantitative estimate of drug-likeness (QED) is 0.646. The maximum atomic E-state index is 12.1. The Labute approximate surface area is 144 Å². The molecule has 8 heteroatoms. The van der Waals surface area contributed by atoms with Gasteiger partial charge in [-0.15, -0.1) is 0 Å². The SMILES string of the molecule is CC(C)N1C(=O)C(=O)N(CC(=O)N[C@H](C)c2cccc(Cl)c2)C1=O. The molecular weight excluding hydrogens is 334 g/mol. The van der Waals surface area contributed by atoms with E-state index < -0.39 is 36.3 Å². The number of rotatable bonds is 5. The maximum Gasteiger partial charge on any atom is 0.334 e. The summed E-state index contributed by atoms with van der Waals surface area (Å²) in [6, 6.07) is 5.40. The molecule has 24 heavy (non-hydrogen) atoms. The average molecular weight is 352 g/mol. The molecule has 1 saturated heterocycles. The summed E-state index contributed by atoms with van der Waals surface area (Å²) in [5, 5.41) is 3.22. The van der Waals surface area contributed by atoms with Gasteiger partial charge in [-0.1, -0.05) is 23.7 Å². The molecule has 1 aliphatic heterocycles. The highest BCUT2D eigenvalue weighted by atomic mass is 35.5. The van der Waals surface area contributed by atoms with Gasteiger partial charge in [0.1, 0.15) is 6.54 Å². The number of halogens is 1. The van der Waals surface area contributed by atoms with Crippen LogP contribution in [0.2, 0.25) is 5.02 Å². The first-order chi connectivity index (χ1) is 11.2. The third kappa shape index (κ3) is 3.56. The Morgan fingerprint density at radius 3 is 2.38 bits per heavy atom. The number of amides is 5. The molecule has 1 N–H and O–H groups in total. The fourth-order valence-corrected chi connectivity index (χ4v) is 2.61. The van der Waals surface area contributed by atoms with Crippen molar-refractivity contribution in [3.8, 4) is 0 Å². The summed E-state index contributed by atoms with van der Waals surface area (Å²) in [7, 11) is 0. The summed E-state index contributed by atoms with van der Waals surface area (Å²) in [6.45, 7) is 4.49. The lowest BCUT2D eigenvalue weighted by Gasteiger charge is -2.19. The lowest BCUT2D eigenvalue weighted by molar-refractivity contribution is -0.144. The van der Waals surface area contributed by atoms with E-state index in [-0.39, 0.29) is 6.04 Å². The average Bonchev–Trinajstić information content (AvgIpc) is 2.71. The molecule has 0 aromatic heterocycles. The molecule has 2 rings (SSSR count). The standard InChI is InChI=1S/C16H18ClN3O4/c1-9(2)20-15(23)14(22)19(16(20)24)8-13(21)18-10(3)11-5-4-6-12(17)7-11/h4-7,9-10H,8H2,1-3H3,(H,18,21)/t10-/m1/s1. The number of imide groups is 2. The van der Waals surface area contributed by atoms with E-state index in [0.29, 0.717) is 9.92 Å². The molecule has 1 aromatic carbocycles. The zero-order valence-electron chi connectivity index (χ0n) is 13.6. The van der Waals surface area contributed by atoms with E-state index in [1.165, 1.54) is 0 Å². The van der Waals surface area contributed by atoms with Crippen LogP contribution in [0, 0.1) is 0 Å². The van der Waals surface area contributed by atoms with Crippen LogP contribution in [0.15, 0.2) is 24.3 Å². The number of hydrogen-bond donors (Lipinski definition) is 1. The molecular formula is C16H18ClN3O4. The smallest absolute Gasteiger partial charge is 0.334 e. The highest BCUT2D eigenvalue weighted by Crippen LogP contribution is 2.18. The van der Waals surface area contributed by atoms with Crippen LogP contribution in [0.25, 0.3) is 0 Å². The van der Waals surface area contributed by atoms with Crippen molar-refractivity contribution >= 4 is 35.4 Å². The Bertz CT molecular complexity index is 704. The molecule has 1 fully saturated rings. The number of benzene rings is 1. The third-order valence-electron chi connectivity index (χ3n) is 3.63. The van der Waals surface area contributed by atoms with Crippen molar-refractivity contribution in [3.05, 3.63) is 34.9 Å². The molecule has 0 unspecified atom stereocenters. The number of carbonyl (C=O) groups excluding carboxylic acids is 4. The molecule has 1 heterocycles. The van der Waals surface area contributed by atoms with Crippen molar-refractivity contribution in [2.24, 2.45) is 0 Å². The van der Waals surface area contributed by atoms with Crippen LogP contribution in [0.3, 0.4) is 0 Å². The van der Waals surface area contributed by atoms with Crippen molar-refractivity contribution < 1.29 is 19.2 Å². The normalized spacial score (nSPS) is 16.1. The molecule has 128 valence electrons. The van der Waals surface area contributed by atoms with Crippen LogP contribution in [0.5, 0.6) is 0 Å². The van der Waals surface area contributed by atoms with Gasteiger partial charge in [-0.3, -0.25) is 19.3 Å². The Hall–Kier alpha value is -2.41. The minimum absolute atomic E-state index is 0.360. The van der Waals surface area contributed by atoms with Crippen LogP contribution >= 0.6 is 11.6 Å². The van der Waals surface area contributed by atoms with Gasteiger partial charge in [0.15, 0.2) is 0 Å². The van der Waals surface area contributed by atoms with E-state index in [1.54, 1.807) is 45.0 Å². The summed E-state index contributed by atoms with van der Waals surface area (Å²) in [5.74, 6) is -2.44. The van der Waals surface area contributed by atoms with E-state index in [0.717, 1.165) is 10.5 Å². The molecule has 1 atom stereocenters. The Morgan fingerprint density at radius 1 is 1.17 bits per heavy atom. The number of nitrogens with zero attached hydrogens (tertiary/aromatic N) is 2. The largest absolute Gasteiger partial charge is 0.348 e. The van der Waals surface area contributed by atoms with Gasteiger partial charge in [0, 0.05) is 11.1 Å². The van der Waals surface area contributed by atoms with Gasteiger partial charge in [0.05, 0.1) is 6.04 Å². The lowest BCUT2D eigenvalue weighted by Crippen LogP contribution is -2.43. The van der Waals surface area contributed by atoms with E-state index in [2.05, 4.69) is 5.32 Å². The molecule has 0 radical (unpaired) electrons. The molecule has 0 aliphatic carbocycles. The minimum atomic E-state index is -0.987. The monoisotopic (exact) mass is 351 g/mol. The molecule has 0 bridgehead atoms. The van der Waals surface area contributed by atoms with Crippen molar-refractivity contribution in [1.82, 2.24) is 15.1 Å². The zero-order chi connectivity index (χ0) is 18.0. The van der Waals surface area contributed by atoms with Crippen molar-refractivity contribution in [2.75, 3.05) is 6.54 Å². The fraction of sp³-hybridized carbons (Fsp3) is 0.375. The van der Waals surface area contributed by atoms with E-state index in [4.69, 9.17) is 11.6 Å². The number of nitrogens with one attached hydrogen (secondary N) is 1. The second kappa shape index (κ2) is 7.00. The van der Waals surface area contributed by atoms with Gasteiger partial charge in [0.2, 0.25) is 5.91 Å². The summed E-state index contributed by atoms with van der Waals surface area (Å²) < 4.78 is 0. The molecule has 0 saturated carbocycles. The van der Waals surface area contributed by atoms with E-state index in [9.17, 15) is 19.2 Å². The van der Waals surface area contributed by atoms with Gasteiger partial charge in [0.25, 0.3) is 0 Å². The number of carbonyl (C=O) groups is 4. The van der Waals surface area contributed by atoms with Crippen LogP contribution < -0.4 is 5.32 Å². The Balaban J connectivity index is 2.03. The van der Waals surface area contributed by atoms with Crippen LogP contribution in [-0.4, -0.2) is 46.1 Å². The van der Waals surface area contributed by atoms with E-state index in [1.807, 2.05) is 0 Å². The number of hydrogen-bond acceptors (Lipinski definition) is 4. The van der Waals surface area contributed by atoms with Crippen molar-refractivity contribution in [2.45, 2.75) is 32.9 Å². The molecule has 7 nitrogen and oxygen atoms in total. The fourth-order valence-electron chi connectivity index (χ4n) is 2.41. The third-order valence-corrected chi connectivity index (χ3v) is 3.86. The molecule has 1 aromatic rings. The zero-order valence-corrected chi connectivity index (χ0v) is 14.3. The Kier molecular flexibility index (Phi) is 5.23. The van der Waals surface area contributed by atoms with Gasteiger partial charge in [-0.05, 0) is 38.5 Å². The maximum absolute atomic E-state index is 12.1. The highest BCUT2D eigenvalue weighted by Gasteiger charge is 2.46. The summed E-state index contributed by atoms with van der Waals surface area (Å²) >= 11 is 5.91. The molecule has 5 amide bonds. The molecule has 0 spiro atoms. The first-order valence-corrected chi connectivity index (χ1v) is 7.84. The summed E-state index contributed by atoms with van der Waals surface area (Å²) in [6.07, 6.45) is 0. The van der Waals surface area contributed by atoms with Crippen LogP contribution in [0.1, 0.15) is 32.4 Å². The van der Waals surface area contributed by atoms with Gasteiger partial charge >= 0.3 is 17.8 Å². The second-order valence-electron chi connectivity index (χ2n) is 5.79. The van der Waals surface area contributed by atoms with E-state index >= 15 is 0 Å². The topological polar surface area (TPSA) is 86.8 Å².